The first-order valence-corrected chi connectivity index (χ1v) is 9.69. The number of aryl methyl sites for hydroxylation is 1. The molecule has 0 aromatic heterocycles. The molecule has 1 fully saturated rings. The molecule has 156 valence electrons. The molecular weight excluding hydrogens is 372 g/mol. The second-order valence-electron chi connectivity index (χ2n) is 7.70. The van der Waals surface area contributed by atoms with Crippen LogP contribution in [0.1, 0.15) is 36.0 Å². The lowest BCUT2D eigenvalue weighted by molar-refractivity contribution is -0.313. The third kappa shape index (κ3) is 3.17. The number of hydrogen-bond acceptors (Lipinski definition) is 6. The Balaban J connectivity index is 2.19. The molecule has 0 spiro atoms. The van der Waals surface area contributed by atoms with E-state index in [2.05, 4.69) is 0 Å². The lowest BCUT2D eigenvalue weighted by Crippen LogP contribution is -2.80. The van der Waals surface area contributed by atoms with Gasteiger partial charge in [0.15, 0.2) is 5.60 Å². The van der Waals surface area contributed by atoms with Crippen LogP contribution in [0.3, 0.4) is 0 Å². The number of benzene rings is 2. The third-order valence-corrected chi connectivity index (χ3v) is 6.02. The maximum atomic E-state index is 11.5. The Morgan fingerprint density at radius 2 is 1.62 bits per heavy atom. The van der Waals surface area contributed by atoms with Gasteiger partial charge in [0.1, 0.15) is 23.6 Å². The molecule has 0 aliphatic heterocycles. The second-order valence-corrected chi connectivity index (χ2v) is 7.70. The van der Waals surface area contributed by atoms with Gasteiger partial charge in [0.05, 0.1) is 12.5 Å². The summed E-state index contributed by atoms with van der Waals surface area (Å²) in [5, 5.41) is 64.1. The topological polar surface area (TPSA) is 121 Å². The molecule has 2 aromatic carbocycles. The van der Waals surface area contributed by atoms with Crippen LogP contribution in [0.5, 0.6) is 0 Å². The standard InChI is InChI=1S/C23H28O6/c1-3-17(15-7-5-4-6-8-15)20(26)23(29)19(16-11-9-14(2)10-12-16)22(28,21(23)27)18(25)13-24/h4-12,18-19,21,24-29H,3,13H2,1-2H3/t18-,19?,21+,22+,23+/m1/s1. The Morgan fingerprint density at radius 1 is 1.03 bits per heavy atom. The Hall–Kier alpha value is -2.22. The Kier molecular flexibility index (Phi) is 5.85. The fourth-order valence-electron chi connectivity index (χ4n) is 4.38. The molecule has 1 aliphatic rings. The summed E-state index contributed by atoms with van der Waals surface area (Å²) in [4.78, 5) is 0. The van der Waals surface area contributed by atoms with Gasteiger partial charge in [-0.25, -0.2) is 0 Å². The molecule has 2 aromatic rings. The number of aliphatic hydroxyl groups is 6. The molecule has 1 unspecified atom stereocenters. The summed E-state index contributed by atoms with van der Waals surface area (Å²) in [5.41, 5.74) is -2.00. The highest BCUT2D eigenvalue weighted by Crippen LogP contribution is 2.58. The Bertz CT molecular complexity index is 878. The fraction of sp³-hybridized carbons (Fsp3) is 0.391. The van der Waals surface area contributed by atoms with E-state index in [-0.39, 0.29) is 0 Å². The zero-order chi connectivity index (χ0) is 21.4. The normalized spacial score (nSPS) is 31.0. The lowest BCUT2D eigenvalue weighted by atomic mass is 9.50. The first-order chi connectivity index (χ1) is 13.7. The van der Waals surface area contributed by atoms with Crippen molar-refractivity contribution < 1.29 is 30.6 Å². The van der Waals surface area contributed by atoms with Crippen molar-refractivity contribution in [3.8, 4) is 0 Å². The summed E-state index contributed by atoms with van der Waals surface area (Å²) in [6, 6.07) is 15.8. The van der Waals surface area contributed by atoms with Gasteiger partial charge in [-0.1, -0.05) is 67.1 Å². The van der Waals surface area contributed by atoms with Crippen LogP contribution in [0.25, 0.3) is 5.57 Å². The predicted octanol–water partition coefficient (Wildman–Crippen LogP) is 1.65. The average Bonchev–Trinajstić information content (AvgIpc) is 2.75. The van der Waals surface area contributed by atoms with Crippen molar-refractivity contribution in [2.24, 2.45) is 0 Å². The van der Waals surface area contributed by atoms with Crippen LogP contribution in [-0.2, 0) is 0 Å². The second kappa shape index (κ2) is 7.89. The molecule has 29 heavy (non-hydrogen) atoms. The average molecular weight is 400 g/mol. The van der Waals surface area contributed by atoms with Gasteiger partial charge in [-0.3, -0.25) is 0 Å². The molecule has 0 radical (unpaired) electrons. The van der Waals surface area contributed by atoms with E-state index >= 15 is 0 Å². The number of allylic oxidation sites excluding steroid dienone is 1. The maximum absolute atomic E-state index is 11.5. The molecule has 6 nitrogen and oxygen atoms in total. The Labute approximate surface area is 170 Å². The molecule has 3 rings (SSSR count). The molecule has 0 bridgehead atoms. The highest BCUT2D eigenvalue weighted by atomic mass is 16.4. The molecule has 5 atom stereocenters. The zero-order valence-electron chi connectivity index (χ0n) is 16.5. The predicted molar refractivity (Wildman–Crippen MR) is 109 cm³/mol. The van der Waals surface area contributed by atoms with Crippen molar-refractivity contribution in [2.75, 3.05) is 6.61 Å². The van der Waals surface area contributed by atoms with Crippen LogP contribution < -0.4 is 0 Å². The number of hydrogen-bond donors (Lipinski definition) is 6. The van der Waals surface area contributed by atoms with E-state index in [1.54, 1.807) is 48.5 Å². The maximum Gasteiger partial charge on any atom is 0.160 e. The third-order valence-electron chi connectivity index (χ3n) is 6.02. The van der Waals surface area contributed by atoms with Gasteiger partial charge in [-0.2, -0.15) is 0 Å². The van der Waals surface area contributed by atoms with Crippen molar-refractivity contribution >= 4 is 5.57 Å². The van der Waals surface area contributed by atoms with Crippen molar-refractivity contribution in [2.45, 2.75) is 49.6 Å². The number of rotatable bonds is 6. The summed E-state index contributed by atoms with van der Waals surface area (Å²) in [6.07, 6.45) is -3.25. The SMILES string of the molecule is CCC(=C(O)[C@@]1(O)C(c2ccc(C)cc2)[C@@](O)([C@H](O)CO)[C@@H]1O)c1ccccc1. The van der Waals surface area contributed by atoms with Crippen LogP contribution in [0.15, 0.2) is 60.4 Å². The summed E-state index contributed by atoms with van der Waals surface area (Å²) in [5.74, 6) is -1.71. The monoisotopic (exact) mass is 400 g/mol. The van der Waals surface area contributed by atoms with Gasteiger partial charge in [0.2, 0.25) is 0 Å². The highest BCUT2D eigenvalue weighted by molar-refractivity contribution is 5.70. The van der Waals surface area contributed by atoms with Crippen molar-refractivity contribution in [3.63, 3.8) is 0 Å². The van der Waals surface area contributed by atoms with E-state index in [4.69, 9.17) is 0 Å². The molecule has 1 aliphatic carbocycles. The molecule has 0 amide bonds. The molecule has 0 heterocycles. The van der Waals surface area contributed by atoms with Crippen molar-refractivity contribution in [1.82, 2.24) is 0 Å². The zero-order valence-corrected chi connectivity index (χ0v) is 16.5. The summed E-state index contributed by atoms with van der Waals surface area (Å²) in [6.45, 7) is 2.88. The minimum atomic E-state index is -2.23. The lowest BCUT2D eigenvalue weighted by Gasteiger charge is -2.62. The number of aliphatic hydroxyl groups excluding tert-OH is 4. The summed E-state index contributed by atoms with van der Waals surface area (Å²) < 4.78 is 0. The molecule has 0 saturated heterocycles. The Morgan fingerprint density at radius 3 is 2.14 bits per heavy atom. The fourth-order valence-corrected chi connectivity index (χ4v) is 4.38. The smallest absolute Gasteiger partial charge is 0.160 e. The first-order valence-electron chi connectivity index (χ1n) is 9.69. The van der Waals surface area contributed by atoms with Crippen molar-refractivity contribution in [1.29, 1.82) is 0 Å². The van der Waals surface area contributed by atoms with Gasteiger partial charge in [-0.05, 0) is 30.0 Å². The van der Waals surface area contributed by atoms with E-state index in [0.717, 1.165) is 5.56 Å². The summed E-state index contributed by atoms with van der Waals surface area (Å²) >= 11 is 0. The van der Waals surface area contributed by atoms with Crippen LogP contribution in [-0.4, -0.2) is 60.7 Å². The highest BCUT2D eigenvalue weighted by Gasteiger charge is 2.75. The van der Waals surface area contributed by atoms with Gasteiger partial charge < -0.3 is 30.6 Å². The van der Waals surface area contributed by atoms with E-state index in [9.17, 15) is 30.6 Å². The molecular formula is C23H28O6. The largest absolute Gasteiger partial charge is 0.509 e. The van der Waals surface area contributed by atoms with Gasteiger partial charge >= 0.3 is 0 Å². The van der Waals surface area contributed by atoms with Crippen LogP contribution in [0, 0.1) is 6.92 Å². The van der Waals surface area contributed by atoms with Gasteiger partial charge in [0.25, 0.3) is 0 Å². The van der Waals surface area contributed by atoms with E-state index in [1.807, 2.05) is 19.9 Å². The molecule has 1 saturated carbocycles. The first kappa shape index (κ1) is 21.5. The van der Waals surface area contributed by atoms with Crippen LogP contribution in [0.4, 0.5) is 0 Å². The van der Waals surface area contributed by atoms with Crippen LogP contribution >= 0.6 is 0 Å². The van der Waals surface area contributed by atoms with E-state index in [1.165, 1.54) is 0 Å². The van der Waals surface area contributed by atoms with E-state index in [0.29, 0.717) is 23.1 Å². The van der Waals surface area contributed by atoms with Crippen LogP contribution in [0.2, 0.25) is 0 Å². The molecule has 6 heteroatoms. The van der Waals surface area contributed by atoms with E-state index < -0.39 is 41.7 Å². The van der Waals surface area contributed by atoms with Crippen molar-refractivity contribution in [3.05, 3.63) is 77.0 Å². The quantitative estimate of drug-likeness (QED) is 0.410. The summed E-state index contributed by atoms with van der Waals surface area (Å²) in [7, 11) is 0. The van der Waals surface area contributed by atoms with Gasteiger partial charge in [0, 0.05) is 0 Å². The molecule has 6 N–H and O–H groups in total. The minimum absolute atomic E-state index is 0.368. The van der Waals surface area contributed by atoms with Gasteiger partial charge in [-0.15, -0.1) is 0 Å². The minimum Gasteiger partial charge on any atom is -0.509 e.